The van der Waals surface area contributed by atoms with E-state index in [2.05, 4.69) is 4.98 Å². The molecule has 0 N–H and O–H groups in total. The molecule has 4 aromatic rings. The van der Waals surface area contributed by atoms with Crippen molar-refractivity contribution in [1.29, 1.82) is 0 Å². The van der Waals surface area contributed by atoms with Crippen LogP contribution in [0.5, 0.6) is 0 Å². The van der Waals surface area contributed by atoms with Gasteiger partial charge in [-0.3, -0.25) is 19.0 Å². The number of aromatic nitrogens is 3. The summed E-state index contributed by atoms with van der Waals surface area (Å²) in [6.07, 6.45) is 1.41. The van der Waals surface area contributed by atoms with Crippen LogP contribution in [0.1, 0.15) is 33.7 Å². The third-order valence-corrected chi connectivity index (χ3v) is 6.22. The predicted molar refractivity (Wildman–Crippen MR) is 124 cm³/mol. The maximum Gasteiger partial charge on any atom is 0.308 e. The first-order valence-corrected chi connectivity index (χ1v) is 11.1. The number of thiophene rings is 1. The van der Waals surface area contributed by atoms with E-state index in [1.807, 2.05) is 55.7 Å². The summed E-state index contributed by atoms with van der Waals surface area (Å²) >= 11 is 1.39. The van der Waals surface area contributed by atoms with Crippen LogP contribution in [0.15, 0.2) is 52.9 Å². The fraction of sp³-hybridized carbons (Fsp3) is 0.250. The maximum atomic E-state index is 12.7. The topological polar surface area (TPSA) is 83.2 Å². The van der Waals surface area contributed by atoms with E-state index in [0.29, 0.717) is 15.8 Å². The Kier molecular flexibility index (Phi) is 6.05. The second-order valence-corrected chi connectivity index (χ2v) is 8.57. The number of carbonyl (C=O) groups excluding carboxylic acids is 2. The van der Waals surface area contributed by atoms with E-state index in [0.717, 1.165) is 22.6 Å². The third-order valence-electron chi connectivity index (χ3n) is 5.40. The average Bonchev–Trinajstić information content (AvgIpc) is 3.37. The number of benzene rings is 1. The van der Waals surface area contributed by atoms with Crippen molar-refractivity contribution in [2.45, 2.75) is 33.7 Å². The summed E-state index contributed by atoms with van der Waals surface area (Å²) in [5.41, 5.74) is 4.20. The zero-order chi connectivity index (χ0) is 22.8. The Balaban J connectivity index is 1.38. The zero-order valence-corrected chi connectivity index (χ0v) is 18.9. The minimum atomic E-state index is -0.539. The van der Waals surface area contributed by atoms with Crippen LogP contribution >= 0.6 is 11.3 Å². The molecule has 0 saturated carbocycles. The normalized spacial score (nSPS) is 11.1. The number of aryl methyl sites for hydroxylation is 3. The number of carbonyl (C=O) groups is 2. The largest absolute Gasteiger partial charge is 0.457 e. The van der Waals surface area contributed by atoms with Crippen LogP contribution in [-0.2, 0) is 16.1 Å². The summed E-state index contributed by atoms with van der Waals surface area (Å²) in [5, 5.41) is 2.34. The molecule has 0 spiro atoms. The SMILES string of the molecule is Cc1ccc(-n2c(C)cc(C(=O)COC(=O)CCn3cnc4sccc4c3=O)c2C)cc1. The highest BCUT2D eigenvalue weighted by Gasteiger charge is 2.18. The molecule has 0 atom stereocenters. The summed E-state index contributed by atoms with van der Waals surface area (Å²) < 4.78 is 8.58. The van der Waals surface area contributed by atoms with Crippen molar-refractivity contribution in [2.75, 3.05) is 6.61 Å². The lowest BCUT2D eigenvalue weighted by atomic mass is 10.1. The first-order chi connectivity index (χ1) is 15.3. The second-order valence-electron chi connectivity index (χ2n) is 7.67. The molecule has 0 amide bonds. The average molecular weight is 450 g/mol. The molecule has 0 aliphatic carbocycles. The van der Waals surface area contributed by atoms with Gasteiger partial charge in [-0.05, 0) is 50.4 Å². The number of nitrogens with zero attached hydrogens (tertiary/aromatic N) is 3. The maximum absolute atomic E-state index is 12.7. The Morgan fingerprint density at radius 2 is 1.84 bits per heavy atom. The molecule has 8 heteroatoms. The molecular weight excluding hydrogens is 426 g/mol. The van der Waals surface area contributed by atoms with Gasteiger partial charge in [-0.15, -0.1) is 11.3 Å². The van der Waals surface area contributed by atoms with Crippen LogP contribution in [0.4, 0.5) is 0 Å². The number of Topliss-reactive ketones (excluding diaryl/α,β-unsaturated/α-hetero) is 1. The number of rotatable bonds is 7. The van der Waals surface area contributed by atoms with Crippen molar-refractivity contribution in [3.63, 3.8) is 0 Å². The van der Waals surface area contributed by atoms with E-state index in [9.17, 15) is 14.4 Å². The highest BCUT2D eigenvalue weighted by molar-refractivity contribution is 7.16. The van der Waals surface area contributed by atoms with E-state index < -0.39 is 5.97 Å². The number of esters is 1. The lowest BCUT2D eigenvalue weighted by Gasteiger charge is -2.10. The standard InChI is InChI=1S/C24H23N3O4S/c1-15-4-6-18(7-5-15)27-16(2)12-20(17(27)3)21(28)13-31-22(29)8-10-26-14-25-23-19(24(26)30)9-11-32-23/h4-7,9,11-12,14H,8,10,13H2,1-3H3. The molecule has 32 heavy (non-hydrogen) atoms. The quantitative estimate of drug-likeness (QED) is 0.315. The van der Waals surface area contributed by atoms with Crippen molar-refractivity contribution >= 4 is 33.3 Å². The summed E-state index contributed by atoms with van der Waals surface area (Å²) in [5.74, 6) is -0.800. The molecule has 7 nitrogen and oxygen atoms in total. The van der Waals surface area contributed by atoms with Crippen molar-refractivity contribution in [3.8, 4) is 5.69 Å². The fourth-order valence-electron chi connectivity index (χ4n) is 3.70. The molecule has 0 aliphatic heterocycles. The van der Waals surface area contributed by atoms with Gasteiger partial charge in [0.2, 0.25) is 5.78 Å². The summed E-state index contributed by atoms with van der Waals surface area (Å²) in [4.78, 5) is 42.2. The number of hydrogen-bond acceptors (Lipinski definition) is 6. The first-order valence-electron chi connectivity index (χ1n) is 10.2. The van der Waals surface area contributed by atoms with E-state index in [1.165, 1.54) is 22.2 Å². The van der Waals surface area contributed by atoms with Gasteiger partial charge in [0.1, 0.15) is 4.83 Å². The van der Waals surface area contributed by atoms with Gasteiger partial charge >= 0.3 is 5.97 Å². The number of ether oxygens (including phenoxy) is 1. The Bertz CT molecular complexity index is 1360. The van der Waals surface area contributed by atoms with Crippen LogP contribution in [0.25, 0.3) is 15.9 Å². The van der Waals surface area contributed by atoms with Gasteiger partial charge in [0, 0.05) is 29.2 Å². The van der Waals surface area contributed by atoms with Crippen molar-refractivity contribution < 1.29 is 14.3 Å². The Morgan fingerprint density at radius 1 is 1.09 bits per heavy atom. The minimum absolute atomic E-state index is 0.0209. The van der Waals surface area contributed by atoms with Crippen LogP contribution < -0.4 is 5.56 Å². The smallest absolute Gasteiger partial charge is 0.308 e. The van der Waals surface area contributed by atoms with E-state index in [-0.39, 0.29) is 30.9 Å². The minimum Gasteiger partial charge on any atom is -0.457 e. The lowest BCUT2D eigenvalue weighted by Crippen LogP contribution is -2.22. The van der Waals surface area contributed by atoms with Crippen molar-refractivity contribution in [2.24, 2.45) is 0 Å². The molecule has 4 rings (SSSR count). The molecule has 0 radical (unpaired) electrons. The summed E-state index contributed by atoms with van der Waals surface area (Å²) in [6.45, 7) is 5.64. The van der Waals surface area contributed by atoms with Gasteiger partial charge in [0.15, 0.2) is 6.61 Å². The van der Waals surface area contributed by atoms with Gasteiger partial charge in [-0.25, -0.2) is 4.98 Å². The summed E-state index contributed by atoms with van der Waals surface area (Å²) in [7, 11) is 0. The molecule has 0 bridgehead atoms. The van der Waals surface area contributed by atoms with Crippen LogP contribution in [0.3, 0.4) is 0 Å². The van der Waals surface area contributed by atoms with Gasteiger partial charge in [0.25, 0.3) is 5.56 Å². The van der Waals surface area contributed by atoms with E-state index in [1.54, 1.807) is 11.4 Å². The molecular formula is C24H23N3O4S. The van der Waals surface area contributed by atoms with Crippen molar-refractivity contribution in [1.82, 2.24) is 14.1 Å². The Hall–Kier alpha value is -3.52. The molecule has 3 heterocycles. The lowest BCUT2D eigenvalue weighted by molar-refractivity contribution is -0.142. The number of hydrogen-bond donors (Lipinski definition) is 0. The van der Waals surface area contributed by atoms with Gasteiger partial charge in [0.05, 0.1) is 18.1 Å². The highest BCUT2D eigenvalue weighted by Crippen LogP contribution is 2.22. The number of fused-ring (bicyclic) bond motifs is 1. The summed E-state index contributed by atoms with van der Waals surface area (Å²) in [6, 6.07) is 11.6. The Labute approximate surface area is 188 Å². The second kappa shape index (κ2) is 8.92. The van der Waals surface area contributed by atoms with Gasteiger partial charge in [-0.1, -0.05) is 17.7 Å². The molecule has 1 aromatic carbocycles. The molecule has 0 saturated heterocycles. The zero-order valence-electron chi connectivity index (χ0n) is 18.1. The van der Waals surface area contributed by atoms with Crippen molar-refractivity contribution in [3.05, 3.63) is 81.0 Å². The van der Waals surface area contributed by atoms with E-state index in [4.69, 9.17) is 4.74 Å². The number of ketones is 1. The van der Waals surface area contributed by atoms with Gasteiger partial charge in [-0.2, -0.15) is 0 Å². The molecule has 0 unspecified atom stereocenters. The van der Waals surface area contributed by atoms with Gasteiger partial charge < -0.3 is 9.30 Å². The van der Waals surface area contributed by atoms with Crippen LogP contribution in [0.2, 0.25) is 0 Å². The van der Waals surface area contributed by atoms with Crippen LogP contribution in [0, 0.1) is 20.8 Å². The predicted octanol–water partition coefficient (Wildman–Crippen LogP) is 3.99. The highest BCUT2D eigenvalue weighted by atomic mass is 32.1. The van der Waals surface area contributed by atoms with E-state index >= 15 is 0 Å². The molecule has 0 fully saturated rings. The first kappa shape index (κ1) is 21.7. The molecule has 3 aromatic heterocycles. The van der Waals surface area contributed by atoms with Crippen LogP contribution in [-0.4, -0.2) is 32.5 Å². The molecule has 0 aliphatic rings. The molecule has 164 valence electrons. The fourth-order valence-corrected chi connectivity index (χ4v) is 4.42. The monoisotopic (exact) mass is 449 g/mol. The third kappa shape index (κ3) is 4.27. The Morgan fingerprint density at radius 3 is 2.59 bits per heavy atom.